The van der Waals surface area contributed by atoms with Gasteiger partial charge in [0.05, 0.1) is 11.3 Å². The van der Waals surface area contributed by atoms with E-state index in [4.69, 9.17) is 0 Å². The minimum atomic E-state index is -0.309. The van der Waals surface area contributed by atoms with E-state index >= 15 is 0 Å². The minimum absolute atomic E-state index is 0.157. The fourth-order valence-corrected chi connectivity index (χ4v) is 2.41. The summed E-state index contributed by atoms with van der Waals surface area (Å²) in [5.74, 6) is -0.309. The molecule has 2 aromatic carbocycles. The predicted molar refractivity (Wildman–Crippen MR) is 94.4 cm³/mol. The van der Waals surface area contributed by atoms with Crippen LogP contribution >= 0.6 is 15.9 Å². The zero-order chi connectivity index (χ0) is 15.9. The van der Waals surface area contributed by atoms with Crippen LogP contribution in [0.3, 0.4) is 0 Å². The van der Waals surface area contributed by atoms with Crippen molar-refractivity contribution in [3.8, 4) is 0 Å². The second kappa shape index (κ2) is 7.71. The molecule has 0 unspecified atom stereocenters. The van der Waals surface area contributed by atoms with E-state index in [0.717, 1.165) is 10.0 Å². The Morgan fingerprint density at radius 1 is 1.14 bits per heavy atom. The van der Waals surface area contributed by atoms with Crippen LogP contribution in [0.25, 0.3) is 6.08 Å². The van der Waals surface area contributed by atoms with Crippen LogP contribution in [0, 0.1) is 0 Å². The molecule has 3 nitrogen and oxygen atoms in total. The predicted octanol–water partition coefficient (Wildman–Crippen LogP) is 4.14. The quantitative estimate of drug-likeness (QED) is 0.646. The van der Waals surface area contributed by atoms with Crippen LogP contribution in [0.4, 0.5) is 5.69 Å². The highest BCUT2D eigenvalue weighted by Gasteiger charge is 2.09. The van der Waals surface area contributed by atoms with E-state index in [-0.39, 0.29) is 16.8 Å². The third kappa shape index (κ3) is 3.92. The standard InChI is InChI=1S/C18H16BrNO2/c1-2-20-16-10-6-4-8-14(18(16)22)17(21)12-11-13-7-3-5-9-15(13)19/h3-12H,2H2,1H3,(H,20,22). The highest BCUT2D eigenvalue weighted by atomic mass is 79.9. The van der Waals surface area contributed by atoms with Crippen molar-refractivity contribution in [2.75, 3.05) is 11.9 Å². The Morgan fingerprint density at radius 3 is 2.55 bits per heavy atom. The highest BCUT2D eigenvalue weighted by Crippen LogP contribution is 2.17. The van der Waals surface area contributed by atoms with Crippen molar-refractivity contribution in [1.29, 1.82) is 0 Å². The molecule has 0 aromatic heterocycles. The number of ketones is 1. The van der Waals surface area contributed by atoms with Crippen LogP contribution in [-0.2, 0) is 0 Å². The van der Waals surface area contributed by atoms with Gasteiger partial charge in [-0.1, -0.05) is 46.3 Å². The first kappa shape index (κ1) is 16.2. The van der Waals surface area contributed by atoms with E-state index in [1.54, 1.807) is 30.3 Å². The van der Waals surface area contributed by atoms with Gasteiger partial charge in [0.1, 0.15) is 0 Å². The van der Waals surface area contributed by atoms with Crippen molar-refractivity contribution >= 4 is 33.5 Å². The maximum absolute atomic E-state index is 12.4. The summed E-state index contributed by atoms with van der Waals surface area (Å²) >= 11 is 3.42. The van der Waals surface area contributed by atoms with E-state index in [1.807, 2.05) is 31.2 Å². The van der Waals surface area contributed by atoms with Gasteiger partial charge in [-0.25, -0.2) is 0 Å². The molecule has 0 aliphatic heterocycles. The molecule has 0 bridgehead atoms. The molecule has 0 heterocycles. The van der Waals surface area contributed by atoms with Gasteiger partial charge in [-0.2, -0.15) is 0 Å². The van der Waals surface area contributed by atoms with Gasteiger partial charge in [0, 0.05) is 11.0 Å². The molecule has 1 N–H and O–H groups in total. The molecule has 0 saturated heterocycles. The largest absolute Gasteiger partial charge is 0.382 e. The lowest BCUT2D eigenvalue weighted by Gasteiger charge is -1.99. The van der Waals surface area contributed by atoms with Crippen LogP contribution in [0.2, 0.25) is 0 Å². The first-order valence-electron chi connectivity index (χ1n) is 6.97. The summed E-state index contributed by atoms with van der Waals surface area (Å²) in [6, 6.07) is 14.3. The molecule has 112 valence electrons. The van der Waals surface area contributed by atoms with Gasteiger partial charge in [-0.3, -0.25) is 9.59 Å². The lowest BCUT2D eigenvalue weighted by Crippen LogP contribution is -2.15. The molecule has 0 aliphatic carbocycles. The van der Waals surface area contributed by atoms with Gasteiger partial charge < -0.3 is 5.32 Å². The van der Waals surface area contributed by atoms with E-state index < -0.39 is 0 Å². The van der Waals surface area contributed by atoms with E-state index in [2.05, 4.69) is 21.2 Å². The SMILES string of the molecule is CCNc1ccccc(C(=O)C=Cc2ccccc2Br)c1=O. The van der Waals surface area contributed by atoms with Crippen molar-refractivity contribution < 1.29 is 4.79 Å². The number of carbonyl (C=O) groups is 1. The van der Waals surface area contributed by atoms with E-state index in [9.17, 15) is 9.59 Å². The van der Waals surface area contributed by atoms with Crippen molar-refractivity contribution in [3.63, 3.8) is 0 Å². The lowest BCUT2D eigenvalue weighted by atomic mass is 10.1. The van der Waals surface area contributed by atoms with Crippen molar-refractivity contribution in [2.24, 2.45) is 0 Å². The molecule has 22 heavy (non-hydrogen) atoms. The van der Waals surface area contributed by atoms with Crippen molar-refractivity contribution in [3.05, 3.63) is 80.4 Å². The van der Waals surface area contributed by atoms with Gasteiger partial charge in [-0.15, -0.1) is 0 Å². The molecule has 4 heteroatoms. The molecule has 2 rings (SSSR count). The topological polar surface area (TPSA) is 46.2 Å². The second-order valence-corrected chi connectivity index (χ2v) is 5.48. The average Bonchev–Trinajstić information content (AvgIpc) is 2.69. The Kier molecular flexibility index (Phi) is 5.67. The van der Waals surface area contributed by atoms with Crippen molar-refractivity contribution in [1.82, 2.24) is 0 Å². The molecule has 2 aromatic rings. The number of rotatable bonds is 5. The zero-order valence-corrected chi connectivity index (χ0v) is 13.8. The smallest absolute Gasteiger partial charge is 0.212 e. The Bertz CT molecular complexity index is 769. The minimum Gasteiger partial charge on any atom is -0.382 e. The Hall–Kier alpha value is -2.20. The van der Waals surface area contributed by atoms with Crippen molar-refractivity contribution in [2.45, 2.75) is 6.92 Å². The molecule has 0 spiro atoms. The number of halogens is 1. The Morgan fingerprint density at radius 2 is 1.82 bits per heavy atom. The third-order valence-corrected chi connectivity index (χ3v) is 3.80. The molecule has 0 atom stereocenters. The van der Waals surface area contributed by atoms with Crippen LogP contribution in [-0.4, -0.2) is 12.3 Å². The van der Waals surface area contributed by atoms with Gasteiger partial charge in [0.2, 0.25) is 5.43 Å². The molecule has 0 aliphatic rings. The Balaban J connectivity index is 2.35. The fraction of sp³-hybridized carbons (Fsp3) is 0.111. The molecular weight excluding hydrogens is 342 g/mol. The van der Waals surface area contributed by atoms with E-state index in [1.165, 1.54) is 6.08 Å². The monoisotopic (exact) mass is 357 g/mol. The van der Waals surface area contributed by atoms with Gasteiger partial charge in [-0.05, 0) is 42.8 Å². The number of nitrogens with one attached hydrogen (secondary N) is 1. The summed E-state index contributed by atoms with van der Waals surface area (Å²) in [6.07, 6.45) is 3.12. The molecule has 0 radical (unpaired) electrons. The number of anilines is 1. The number of benzene rings is 1. The zero-order valence-electron chi connectivity index (χ0n) is 12.2. The maximum atomic E-state index is 12.4. The average molecular weight is 358 g/mol. The van der Waals surface area contributed by atoms with E-state index in [0.29, 0.717) is 12.2 Å². The summed E-state index contributed by atoms with van der Waals surface area (Å²) in [5, 5.41) is 2.98. The van der Waals surface area contributed by atoms with Crippen LogP contribution in [0.15, 0.2) is 63.9 Å². The summed E-state index contributed by atoms with van der Waals surface area (Å²) in [7, 11) is 0. The summed E-state index contributed by atoms with van der Waals surface area (Å²) in [4.78, 5) is 24.7. The third-order valence-electron chi connectivity index (χ3n) is 3.08. The first-order valence-corrected chi connectivity index (χ1v) is 7.77. The summed E-state index contributed by atoms with van der Waals surface area (Å²) in [6.45, 7) is 2.53. The second-order valence-electron chi connectivity index (χ2n) is 4.62. The number of allylic oxidation sites excluding steroid dienone is 1. The Labute approximate surface area is 137 Å². The van der Waals surface area contributed by atoms with Crippen LogP contribution < -0.4 is 10.7 Å². The van der Waals surface area contributed by atoms with Gasteiger partial charge in [0.25, 0.3) is 0 Å². The summed E-state index contributed by atoms with van der Waals surface area (Å²) < 4.78 is 0.897. The maximum Gasteiger partial charge on any atom is 0.212 e. The van der Waals surface area contributed by atoms with Crippen LogP contribution in [0.1, 0.15) is 22.8 Å². The van der Waals surface area contributed by atoms with Gasteiger partial charge in [0.15, 0.2) is 5.78 Å². The number of hydrogen-bond donors (Lipinski definition) is 1. The fourth-order valence-electron chi connectivity index (χ4n) is 1.99. The lowest BCUT2D eigenvalue weighted by molar-refractivity contribution is 0.104. The number of hydrogen-bond acceptors (Lipinski definition) is 3. The summed E-state index contributed by atoms with van der Waals surface area (Å²) in [5.41, 5.74) is 1.19. The normalized spacial score (nSPS) is 10.6. The van der Waals surface area contributed by atoms with Crippen LogP contribution in [0.5, 0.6) is 0 Å². The molecular formula is C18H16BrNO2. The first-order chi connectivity index (χ1) is 10.6. The molecule has 0 fully saturated rings. The highest BCUT2D eigenvalue weighted by molar-refractivity contribution is 9.10. The van der Waals surface area contributed by atoms with Gasteiger partial charge >= 0.3 is 0 Å². The number of carbonyl (C=O) groups excluding carboxylic acids is 1. The molecule has 0 amide bonds. The molecule has 0 saturated carbocycles.